The minimum atomic E-state index is 0.000517. The highest BCUT2D eigenvalue weighted by Gasteiger charge is 2.08. The summed E-state index contributed by atoms with van der Waals surface area (Å²) in [7, 11) is 0. The number of benzene rings is 1. The number of ether oxygens (including phenoxy) is 1. The number of nitrogens with zero attached hydrogens (tertiary/aromatic N) is 1. The van der Waals surface area contributed by atoms with Gasteiger partial charge < -0.3 is 15.0 Å². The van der Waals surface area contributed by atoms with Gasteiger partial charge in [0, 0.05) is 24.2 Å². The molecule has 0 saturated heterocycles. The zero-order valence-corrected chi connectivity index (χ0v) is 12.1. The van der Waals surface area contributed by atoms with E-state index >= 15 is 0 Å². The summed E-state index contributed by atoms with van der Waals surface area (Å²) in [5, 5.41) is 1.61. The second-order valence-corrected chi connectivity index (χ2v) is 5.06. The van der Waals surface area contributed by atoms with E-state index in [0.29, 0.717) is 18.5 Å². The van der Waals surface area contributed by atoms with Crippen molar-refractivity contribution in [2.75, 3.05) is 13.2 Å². The quantitative estimate of drug-likeness (QED) is 0.824. The number of rotatable bonds is 6. The van der Waals surface area contributed by atoms with Crippen LogP contribution < -0.4 is 16.0 Å². The summed E-state index contributed by atoms with van der Waals surface area (Å²) in [6.07, 6.45) is 3.95. The maximum Gasteiger partial charge on any atom is 0.258 e. The Balaban J connectivity index is 2.34. The van der Waals surface area contributed by atoms with Crippen LogP contribution in [0.2, 0.25) is 0 Å². The van der Waals surface area contributed by atoms with E-state index in [0.717, 1.165) is 24.0 Å². The fourth-order valence-corrected chi connectivity index (χ4v) is 2.13. The molecular weight excluding hydrogens is 252 g/mol. The number of hydrogen-bond donors (Lipinski definition) is 1. The lowest BCUT2D eigenvalue weighted by Gasteiger charge is -2.14. The van der Waals surface area contributed by atoms with E-state index in [1.54, 1.807) is 10.8 Å². The van der Waals surface area contributed by atoms with Gasteiger partial charge in [-0.05, 0) is 43.0 Å². The van der Waals surface area contributed by atoms with Gasteiger partial charge >= 0.3 is 0 Å². The third kappa shape index (κ3) is 3.02. The minimum Gasteiger partial charge on any atom is -0.494 e. The SMILES string of the molecule is CCCCOc1ccc2c(=O)n(C(C)CN)ccc2c1. The van der Waals surface area contributed by atoms with Gasteiger partial charge in [0.25, 0.3) is 5.56 Å². The fraction of sp³-hybridized carbons (Fsp3) is 0.438. The summed E-state index contributed by atoms with van der Waals surface area (Å²) in [6.45, 7) is 5.23. The molecule has 108 valence electrons. The molecule has 0 radical (unpaired) electrons. The number of hydrogen-bond acceptors (Lipinski definition) is 3. The Morgan fingerprint density at radius 1 is 1.35 bits per heavy atom. The number of fused-ring (bicyclic) bond motifs is 1. The molecule has 0 bridgehead atoms. The first-order chi connectivity index (χ1) is 9.67. The van der Waals surface area contributed by atoms with Gasteiger partial charge in [0.1, 0.15) is 5.75 Å². The van der Waals surface area contributed by atoms with Crippen LogP contribution in [-0.4, -0.2) is 17.7 Å². The largest absolute Gasteiger partial charge is 0.494 e. The van der Waals surface area contributed by atoms with Crippen molar-refractivity contribution >= 4 is 10.8 Å². The lowest BCUT2D eigenvalue weighted by atomic mass is 10.1. The van der Waals surface area contributed by atoms with Gasteiger partial charge in [0.05, 0.1) is 6.61 Å². The molecule has 0 saturated carbocycles. The van der Waals surface area contributed by atoms with E-state index in [1.807, 2.05) is 31.2 Å². The molecule has 2 rings (SSSR count). The molecule has 1 heterocycles. The predicted octanol–water partition coefficient (Wildman–Crippen LogP) is 2.70. The molecule has 1 atom stereocenters. The summed E-state index contributed by atoms with van der Waals surface area (Å²) >= 11 is 0. The zero-order chi connectivity index (χ0) is 14.5. The van der Waals surface area contributed by atoms with Crippen LogP contribution in [0, 0.1) is 0 Å². The molecule has 2 aromatic rings. The second kappa shape index (κ2) is 6.57. The summed E-state index contributed by atoms with van der Waals surface area (Å²) in [4.78, 5) is 12.4. The minimum absolute atomic E-state index is 0.000517. The van der Waals surface area contributed by atoms with Crippen LogP contribution in [0.4, 0.5) is 0 Å². The monoisotopic (exact) mass is 274 g/mol. The molecule has 2 N–H and O–H groups in total. The van der Waals surface area contributed by atoms with Crippen molar-refractivity contribution in [1.29, 1.82) is 0 Å². The summed E-state index contributed by atoms with van der Waals surface area (Å²) in [5.74, 6) is 0.815. The van der Waals surface area contributed by atoms with Crippen LogP contribution in [-0.2, 0) is 0 Å². The van der Waals surface area contributed by atoms with Crippen LogP contribution in [0.15, 0.2) is 35.3 Å². The number of aromatic nitrogens is 1. The molecule has 4 nitrogen and oxygen atoms in total. The maximum absolute atomic E-state index is 12.4. The first kappa shape index (κ1) is 14.6. The standard InChI is InChI=1S/C16H22N2O2/c1-3-4-9-20-14-5-6-15-13(10-14)7-8-18(16(15)19)12(2)11-17/h5-8,10,12H,3-4,9,11,17H2,1-2H3. The summed E-state index contributed by atoms with van der Waals surface area (Å²) in [6, 6.07) is 7.56. The van der Waals surface area contributed by atoms with Crippen LogP contribution in [0.5, 0.6) is 5.75 Å². The molecular formula is C16H22N2O2. The molecule has 0 aliphatic rings. The average Bonchev–Trinajstić information content (AvgIpc) is 2.47. The normalized spacial score (nSPS) is 12.6. The summed E-state index contributed by atoms with van der Waals surface area (Å²) in [5.41, 5.74) is 5.63. The van der Waals surface area contributed by atoms with Crippen molar-refractivity contribution in [3.05, 3.63) is 40.8 Å². The van der Waals surface area contributed by atoms with E-state index < -0.39 is 0 Å². The highest BCUT2D eigenvalue weighted by molar-refractivity contribution is 5.82. The van der Waals surface area contributed by atoms with E-state index in [1.165, 1.54) is 0 Å². The third-order valence-corrected chi connectivity index (χ3v) is 3.49. The highest BCUT2D eigenvalue weighted by Crippen LogP contribution is 2.19. The van der Waals surface area contributed by atoms with Crippen LogP contribution in [0.25, 0.3) is 10.8 Å². The van der Waals surface area contributed by atoms with Gasteiger partial charge in [-0.3, -0.25) is 4.79 Å². The van der Waals surface area contributed by atoms with E-state index in [-0.39, 0.29) is 11.6 Å². The zero-order valence-electron chi connectivity index (χ0n) is 12.1. The molecule has 1 aromatic heterocycles. The topological polar surface area (TPSA) is 57.2 Å². The molecule has 20 heavy (non-hydrogen) atoms. The lowest BCUT2D eigenvalue weighted by Crippen LogP contribution is -2.27. The van der Waals surface area contributed by atoms with Crippen molar-refractivity contribution in [2.45, 2.75) is 32.7 Å². The Morgan fingerprint density at radius 3 is 2.85 bits per heavy atom. The molecule has 0 aliphatic heterocycles. The lowest BCUT2D eigenvalue weighted by molar-refractivity contribution is 0.310. The Hall–Kier alpha value is -1.81. The Kier molecular flexibility index (Phi) is 4.79. The molecule has 0 amide bonds. The molecule has 4 heteroatoms. The number of nitrogens with two attached hydrogens (primary N) is 1. The van der Waals surface area contributed by atoms with Crippen molar-refractivity contribution < 1.29 is 4.74 Å². The van der Waals surface area contributed by atoms with Crippen LogP contribution in [0.1, 0.15) is 32.7 Å². The third-order valence-electron chi connectivity index (χ3n) is 3.49. The van der Waals surface area contributed by atoms with Gasteiger partial charge in [0.2, 0.25) is 0 Å². The molecule has 0 spiro atoms. The van der Waals surface area contributed by atoms with E-state index in [9.17, 15) is 4.79 Å². The Labute approximate surface area is 119 Å². The molecule has 1 aromatic carbocycles. The first-order valence-electron chi connectivity index (χ1n) is 7.15. The first-order valence-corrected chi connectivity index (χ1v) is 7.15. The smallest absolute Gasteiger partial charge is 0.258 e. The van der Waals surface area contributed by atoms with Gasteiger partial charge in [-0.2, -0.15) is 0 Å². The van der Waals surface area contributed by atoms with Gasteiger partial charge in [-0.15, -0.1) is 0 Å². The van der Waals surface area contributed by atoms with Crippen molar-refractivity contribution in [3.63, 3.8) is 0 Å². The van der Waals surface area contributed by atoms with E-state index in [2.05, 4.69) is 6.92 Å². The number of unbranched alkanes of at least 4 members (excludes halogenated alkanes) is 1. The van der Waals surface area contributed by atoms with Crippen molar-refractivity contribution in [2.24, 2.45) is 5.73 Å². The van der Waals surface area contributed by atoms with Crippen LogP contribution >= 0.6 is 0 Å². The van der Waals surface area contributed by atoms with Gasteiger partial charge in [-0.25, -0.2) is 0 Å². The van der Waals surface area contributed by atoms with Gasteiger partial charge in [0.15, 0.2) is 0 Å². The molecule has 1 unspecified atom stereocenters. The summed E-state index contributed by atoms with van der Waals surface area (Å²) < 4.78 is 7.34. The second-order valence-electron chi connectivity index (χ2n) is 5.06. The Bertz CT molecular complexity index is 634. The molecule has 0 aliphatic carbocycles. The fourth-order valence-electron chi connectivity index (χ4n) is 2.13. The Morgan fingerprint density at radius 2 is 2.15 bits per heavy atom. The van der Waals surface area contributed by atoms with Crippen molar-refractivity contribution in [3.8, 4) is 5.75 Å². The van der Waals surface area contributed by atoms with Crippen LogP contribution in [0.3, 0.4) is 0 Å². The maximum atomic E-state index is 12.4. The van der Waals surface area contributed by atoms with E-state index in [4.69, 9.17) is 10.5 Å². The average molecular weight is 274 g/mol. The highest BCUT2D eigenvalue weighted by atomic mass is 16.5. The number of pyridine rings is 1. The van der Waals surface area contributed by atoms with Gasteiger partial charge in [-0.1, -0.05) is 13.3 Å². The predicted molar refractivity (Wildman–Crippen MR) is 82.4 cm³/mol. The molecule has 0 fully saturated rings. The van der Waals surface area contributed by atoms with Crippen molar-refractivity contribution in [1.82, 2.24) is 4.57 Å².